The maximum atomic E-state index is 6.85. The van der Waals surface area contributed by atoms with Gasteiger partial charge in [0.2, 0.25) is 0 Å². The molecule has 40 heavy (non-hydrogen) atoms. The van der Waals surface area contributed by atoms with Gasteiger partial charge < -0.3 is 10.1 Å². The zero-order chi connectivity index (χ0) is 26.9. The van der Waals surface area contributed by atoms with Crippen LogP contribution >= 0.6 is 23.4 Å². The average Bonchev–Trinajstić information content (AvgIpc) is 3.17. The van der Waals surface area contributed by atoms with Gasteiger partial charge in [0.1, 0.15) is 23.4 Å². The molecule has 0 bridgehead atoms. The van der Waals surface area contributed by atoms with E-state index in [1.807, 2.05) is 54.6 Å². The van der Waals surface area contributed by atoms with E-state index in [4.69, 9.17) is 21.3 Å². The van der Waals surface area contributed by atoms with Gasteiger partial charge in [-0.2, -0.15) is 0 Å². The Morgan fingerprint density at radius 3 is 2.10 bits per heavy atom. The zero-order valence-corrected chi connectivity index (χ0v) is 23.1. The maximum Gasteiger partial charge on any atom is 0.145 e. The minimum absolute atomic E-state index is 0.171. The van der Waals surface area contributed by atoms with Crippen LogP contribution in [0.5, 0.6) is 5.75 Å². The zero-order valence-electron chi connectivity index (χ0n) is 21.6. The van der Waals surface area contributed by atoms with Crippen LogP contribution < -0.4 is 15.0 Å². The minimum Gasteiger partial charge on any atom is -0.483 e. The molecule has 0 aliphatic carbocycles. The monoisotopic (exact) mass is 559 g/mol. The third-order valence-electron chi connectivity index (χ3n) is 7.23. The molecule has 0 fully saturated rings. The van der Waals surface area contributed by atoms with Crippen LogP contribution in [0.15, 0.2) is 142 Å². The van der Waals surface area contributed by atoms with Gasteiger partial charge in [-0.25, -0.2) is 4.99 Å². The molecule has 0 radical (unpaired) electrons. The largest absolute Gasteiger partial charge is 0.483 e. The van der Waals surface area contributed by atoms with Crippen LogP contribution in [0.1, 0.15) is 11.7 Å². The normalized spacial score (nSPS) is 17.4. The summed E-state index contributed by atoms with van der Waals surface area (Å²) in [6.07, 6.45) is -0.299. The molecule has 2 heterocycles. The highest BCUT2D eigenvalue weighted by Gasteiger charge is 2.39. The number of hydrogen-bond acceptors (Lipinski definition) is 5. The van der Waals surface area contributed by atoms with Crippen LogP contribution in [0, 0.1) is 5.92 Å². The van der Waals surface area contributed by atoms with Gasteiger partial charge in [-0.05, 0) is 54.1 Å². The number of amidine groups is 1. The van der Waals surface area contributed by atoms with Crippen LogP contribution in [-0.2, 0) is 0 Å². The summed E-state index contributed by atoms with van der Waals surface area (Å²) in [6, 6.07) is 43.4. The molecule has 4 nitrogen and oxygen atoms in total. The molecule has 7 rings (SSSR count). The molecule has 0 saturated heterocycles. The fraction of sp³-hybridized carbons (Fsp3) is 0.0882. The number of nitrogens with one attached hydrogen (secondary N) is 1. The van der Waals surface area contributed by atoms with Crippen molar-refractivity contribution in [3.8, 4) is 5.75 Å². The number of halogens is 1. The Hall–Kier alpha value is -4.19. The number of hydrogen-bond donors (Lipinski definition) is 1. The van der Waals surface area contributed by atoms with Gasteiger partial charge >= 0.3 is 0 Å². The SMILES string of the molecule is Clc1ccccc1NCC1C(N2c3ccccc3Sc3ccccc32)=Nc2ccccc2OC1c1ccccc1. The van der Waals surface area contributed by atoms with Crippen molar-refractivity contribution in [2.45, 2.75) is 15.9 Å². The lowest BCUT2D eigenvalue weighted by molar-refractivity contribution is 0.175. The average molecular weight is 560 g/mol. The molecule has 1 N–H and O–H groups in total. The Morgan fingerprint density at radius 2 is 1.35 bits per heavy atom. The van der Waals surface area contributed by atoms with E-state index in [2.05, 4.69) is 83.0 Å². The third kappa shape index (κ3) is 4.61. The molecule has 0 aromatic heterocycles. The Balaban J connectivity index is 1.44. The first-order valence-corrected chi connectivity index (χ1v) is 14.5. The predicted octanol–water partition coefficient (Wildman–Crippen LogP) is 9.53. The summed E-state index contributed by atoms with van der Waals surface area (Å²) < 4.78 is 6.85. The standard InChI is InChI=1S/C34H26ClN3OS/c35-25-14-4-5-15-26(25)36-22-24-33(23-12-2-1-3-13-23)39-30-19-9-6-16-27(30)37-34(24)38-28-17-7-10-20-31(28)40-32-21-11-8-18-29(32)38/h1-21,24,33,36H,22H2. The number of nitrogens with zero attached hydrogens (tertiary/aromatic N) is 2. The van der Waals surface area contributed by atoms with E-state index in [0.717, 1.165) is 39.9 Å². The fourth-order valence-electron chi connectivity index (χ4n) is 5.34. The van der Waals surface area contributed by atoms with Gasteiger partial charge in [-0.1, -0.05) is 102 Å². The number of para-hydroxylation sites is 5. The van der Waals surface area contributed by atoms with Crippen molar-refractivity contribution < 1.29 is 4.74 Å². The number of rotatable bonds is 4. The van der Waals surface area contributed by atoms with E-state index in [1.54, 1.807) is 11.8 Å². The molecule has 0 saturated carbocycles. The summed E-state index contributed by atoms with van der Waals surface area (Å²) in [5, 5.41) is 4.31. The van der Waals surface area contributed by atoms with E-state index >= 15 is 0 Å². The Morgan fingerprint density at radius 1 is 0.725 bits per heavy atom. The van der Waals surface area contributed by atoms with Crippen molar-refractivity contribution in [3.63, 3.8) is 0 Å². The summed E-state index contributed by atoms with van der Waals surface area (Å²) in [5.74, 6) is 1.51. The molecule has 2 atom stereocenters. The lowest BCUT2D eigenvalue weighted by Gasteiger charge is -2.38. The number of aliphatic imine (C=N–C) groups is 1. The van der Waals surface area contributed by atoms with E-state index in [1.165, 1.54) is 9.79 Å². The summed E-state index contributed by atoms with van der Waals surface area (Å²) in [6.45, 7) is 0.560. The van der Waals surface area contributed by atoms with Crippen LogP contribution in [0.2, 0.25) is 5.02 Å². The van der Waals surface area contributed by atoms with E-state index in [0.29, 0.717) is 11.6 Å². The Bertz CT molecular complexity index is 1660. The fourth-order valence-corrected chi connectivity index (χ4v) is 6.60. The number of benzene rings is 5. The molecule has 5 aromatic carbocycles. The van der Waals surface area contributed by atoms with Gasteiger partial charge in [-0.3, -0.25) is 4.90 Å². The molecule has 0 spiro atoms. The lowest BCUT2D eigenvalue weighted by Crippen LogP contribution is -2.41. The first-order chi connectivity index (χ1) is 19.8. The maximum absolute atomic E-state index is 6.85. The molecular weight excluding hydrogens is 534 g/mol. The number of fused-ring (bicyclic) bond motifs is 3. The predicted molar refractivity (Wildman–Crippen MR) is 166 cm³/mol. The number of anilines is 3. The molecule has 6 heteroatoms. The van der Waals surface area contributed by atoms with Crippen LogP contribution in [-0.4, -0.2) is 12.4 Å². The topological polar surface area (TPSA) is 36.9 Å². The molecule has 5 aromatic rings. The van der Waals surface area contributed by atoms with Gasteiger partial charge in [0, 0.05) is 16.3 Å². The quantitative estimate of drug-likeness (QED) is 0.238. The minimum atomic E-state index is -0.299. The Labute approximate surface area is 243 Å². The second-order valence-corrected chi connectivity index (χ2v) is 11.2. The van der Waals surface area contributed by atoms with Crippen molar-refractivity contribution in [1.29, 1.82) is 0 Å². The lowest BCUT2D eigenvalue weighted by atomic mass is 9.92. The molecule has 2 aliphatic rings. The summed E-state index contributed by atoms with van der Waals surface area (Å²) in [7, 11) is 0. The molecule has 2 unspecified atom stereocenters. The molecule has 0 amide bonds. The van der Waals surface area contributed by atoms with Crippen molar-refractivity contribution in [2.75, 3.05) is 16.8 Å². The summed E-state index contributed by atoms with van der Waals surface area (Å²) in [5.41, 5.74) is 5.00. The third-order valence-corrected chi connectivity index (χ3v) is 8.69. The van der Waals surface area contributed by atoms with E-state index in [9.17, 15) is 0 Å². The smallest absolute Gasteiger partial charge is 0.145 e. The van der Waals surface area contributed by atoms with Crippen molar-refractivity contribution in [2.24, 2.45) is 10.9 Å². The van der Waals surface area contributed by atoms with Gasteiger partial charge in [0.15, 0.2) is 0 Å². The number of ether oxygens (including phenoxy) is 1. The van der Waals surface area contributed by atoms with Gasteiger partial charge in [-0.15, -0.1) is 0 Å². The van der Waals surface area contributed by atoms with E-state index < -0.39 is 0 Å². The summed E-state index contributed by atoms with van der Waals surface area (Å²) >= 11 is 8.37. The Kier molecular flexibility index (Phi) is 6.68. The highest BCUT2D eigenvalue weighted by atomic mass is 35.5. The first kappa shape index (κ1) is 24.8. The molecule has 2 aliphatic heterocycles. The molecule has 196 valence electrons. The van der Waals surface area contributed by atoms with Crippen LogP contribution in [0.3, 0.4) is 0 Å². The van der Waals surface area contributed by atoms with Gasteiger partial charge in [0.05, 0.1) is 28.0 Å². The summed E-state index contributed by atoms with van der Waals surface area (Å²) in [4.78, 5) is 10.1. The second kappa shape index (κ2) is 10.8. The first-order valence-electron chi connectivity index (χ1n) is 13.3. The second-order valence-electron chi connectivity index (χ2n) is 9.73. The van der Waals surface area contributed by atoms with Crippen molar-refractivity contribution in [1.82, 2.24) is 0 Å². The van der Waals surface area contributed by atoms with Crippen LogP contribution in [0.4, 0.5) is 22.7 Å². The highest BCUT2D eigenvalue weighted by Crippen LogP contribution is 2.50. The van der Waals surface area contributed by atoms with Crippen LogP contribution in [0.25, 0.3) is 0 Å². The highest BCUT2D eigenvalue weighted by molar-refractivity contribution is 7.99. The molecular formula is C34H26ClN3OS. The van der Waals surface area contributed by atoms with Crippen molar-refractivity contribution in [3.05, 3.63) is 138 Å². The van der Waals surface area contributed by atoms with E-state index in [-0.39, 0.29) is 12.0 Å². The van der Waals surface area contributed by atoms with Gasteiger partial charge in [0.25, 0.3) is 0 Å². The van der Waals surface area contributed by atoms with Crippen molar-refractivity contribution >= 4 is 51.9 Å².